The van der Waals surface area contributed by atoms with E-state index in [1.807, 2.05) is 35.4 Å². The van der Waals surface area contributed by atoms with Crippen molar-refractivity contribution in [3.63, 3.8) is 0 Å². The quantitative estimate of drug-likeness (QED) is 0.669. The molecule has 0 amide bonds. The van der Waals surface area contributed by atoms with Gasteiger partial charge >= 0.3 is 0 Å². The van der Waals surface area contributed by atoms with E-state index in [1.165, 1.54) is 0 Å². The molecule has 0 aliphatic carbocycles. The molecule has 6 heteroatoms. The Bertz CT molecular complexity index is 882. The molecule has 2 aromatic heterocycles. The first-order valence-electron chi connectivity index (χ1n) is 8.13. The molecule has 0 unspecified atom stereocenters. The molecule has 0 aliphatic heterocycles. The van der Waals surface area contributed by atoms with Gasteiger partial charge in [0.2, 0.25) is 0 Å². The fraction of sp³-hybridized carbons (Fsp3) is 0.263. The van der Waals surface area contributed by atoms with Crippen LogP contribution in [0.4, 0.5) is 0 Å². The van der Waals surface area contributed by atoms with Crippen LogP contribution in [0.1, 0.15) is 24.5 Å². The highest BCUT2D eigenvalue weighted by Gasteiger charge is 2.09. The zero-order valence-corrected chi connectivity index (χ0v) is 14.7. The second-order valence-corrected chi connectivity index (χ2v) is 6.53. The molecule has 0 fully saturated rings. The maximum absolute atomic E-state index is 8.95. The Morgan fingerprint density at radius 1 is 1.24 bits per heavy atom. The van der Waals surface area contributed by atoms with E-state index in [-0.39, 0.29) is 0 Å². The second kappa shape index (κ2) is 7.91. The topological polar surface area (TPSA) is 67.4 Å². The summed E-state index contributed by atoms with van der Waals surface area (Å²) >= 11 is 6.10. The van der Waals surface area contributed by atoms with Gasteiger partial charge in [0.15, 0.2) is 0 Å². The lowest BCUT2D eigenvalue weighted by Gasteiger charge is -2.11. The van der Waals surface area contributed by atoms with Crippen LogP contribution in [0, 0.1) is 17.2 Å². The smallest absolute Gasteiger partial charge is 0.115 e. The largest absolute Gasteiger partial charge is 0.272 e. The van der Waals surface area contributed by atoms with Crippen molar-refractivity contribution < 1.29 is 0 Å². The lowest BCUT2D eigenvalue weighted by molar-refractivity contribution is 0.424. The van der Waals surface area contributed by atoms with Gasteiger partial charge in [-0.3, -0.25) is 4.68 Å². The molecule has 25 heavy (non-hydrogen) atoms. The number of aryl methyl sites for hydroxylation is 1. The molecule has 0 saturated heterocycles. The van der Waals surface area contributed by atoms with Gasteiger partial charge in [-0.15, -0.1) is 0 Å². The Morgan fingerprint density at radius 2 is 2.04 bits per heavy atom. The van der Waals surface area contributed by atoms with Crippen molar-refractivity contribution in [2.45, 2.75) is 26.3 Å². The fourth-order valence-electron chi connectivity index (χ4n) is 2.67. The molecule has 1 aromatic carbocycles. The minimum Gasteiger partial charge on any atom is -0.272 e. The van der Waals surface area contributed by atoms with E-state index < -0.39 is 0 Å². The average molecular weight is 352 g/mol. The standard InChI is InChI=1S/C19H18ClN5/c1-14(2-3-15-10-22-13-23-11-15)12-25-7-6-19(24-25)16-4-5-17(9-21)18(20)8-16/h4-8,10-11,13-14H,2-3,12H2,1H3/t14-/m1/s1. The van der Waals surface area contributed by atoms with Crippen molar-refractivity contribution in [2.75, 3.05) is 0 Å². The summed E-state index contributed by atoms with van der Waals surface area (Å²) in [6, 6.07) is 9.41. The van der Waals surface area contributed by atoms with Gasteiger partial charge in [0.05, 0.1) is 16.3 Å². The second-order valence-electron chi connectivity index (χ2n) is 6.12. The number of hydrogen-bond donors (Lipinski definition) is 0. The van der Waals surface area contributed by atoms with Gasteiger partial charge in [-0.05, 0) is 42.5 Å². The van der Waals surface area contributed by atoms with Crippen LogP contribution < -0.4 is 0 Å². The van der Waals surface area contributed by atoms with Crippen LogP contribution in [-0.4, -0.2) is 19.7 Å². The van der Waals surface area contributed by atoms with Crippen LogP contribution >= 0.6 is 11.6 Å². The number of aromatic nitrogens is 4. The van der Waals surface area contributed by atoms with E-state index >= 15 is 0 Å². The van der Waals surface area contributed by atoms with E-state index in [0.717, 1.165) is 36.2 Å². The summed E-state index contributed by atoms with van der Waals surface area (Å²) in [4.78, 5) is 8.09. The molecule has 0 bridgehead atoms. The summed E-state index contributed by atoms with van der Waals surface area (Å²) in [5.74, 6) is 0.484. The Kier molecular flexibility index (Phi) is 5.42. The third-order valence-electron chi connectivity index (χ3n) is 4.06. The molecule has 0 radical (unpaired) electrons. The molecule has 0 N–H and O–H groups in total. The average Bonchev–Trinajstić information content (AvgIpc) is 3.09. The van der Waals surface area contributed by atoms with Crippen LogP contribution in [0.2, 0.25) is 5.02 Å². The van der Waals surface area contributed by atoms with Crippen molar-refractivity contribution in [3.8, 4) is 17.3 Å². The zero-order chi connectivity index (χ0) is 17.6. The van der Waals surface area contributed by atoms with Crippen LogP contribution in [0.15, 0.2) is 49.2 Å². The van der Waals surface area contributed by atoms with Crippen molar-refractivity contribution in [1.29, 1.82) is 5.26 Å². The van der Waals surface area contributed by atoms with Crippen LogP contribution in [0.25, 0.3) is 11.3 Å². The summed E-state index contributed by atoms with van der Waals surface area (Å²) in [7, 11) is 0. The van der Waals surface area contributed by atoms with Crippen LogP contribution in [-0.2, 0) is 13.0 Å². The number of hydrogen-bond acceptors (Lipinski definition) is 4. The van der Waals surface area contributed by atoms with Crippen molar-refractivity contribution in [1.82, 2.24) is 19.7 Å². The summed E-state index contributed by atoms with van der Waals surface area (Å²) < 4.78 is 1.95. The maximum Gasteiger partial charge on any atom is 0.115 e. The zero-order valence-electron chi connectivity index (χ0n) is 13.9. The number of nitriles is 1. The highest BCUT2D eigenvalue weighted by atomic mass is 35.5. The highest BCUT2D eigenvalue weighted by Crippen LogP contribution is 2.24. The first kappa shape index (κ1) is 17.1. The van der Waals surface area contributed by atoms with Gasteiger partial charge in [-0.25, -0.2) is 9.97 Å². The molecule has 3 rings (SSSR count). The number of rotatable bonds is 6. The van der Waals surface area contributed by atoms with Gasteiger partial charge in [0.1, 0.15) is 12.4 Å². The lowest BCUT2D eigenvalue weighted by Crippen LogP contribution is -2.09. The lowest BCUT2D eigenvalue weighted by atomic mass is 10.0. The van der Waals surface area contributed by atoms with Gasteiger partial charge in [-0.2, -0.15) is 10.4 Å². The fourth-order valence-corrected chi connectivity index (χ4v) is 2.89. The summed E-state index contributed by atoms with van der Waals surface area (Å²) in [6.45, 7) is 3.06. The Morgan fingerprint density at radius 3 is 2.76 bits per heavy atom. The third kappa shape index (κ3) is 4.43. The maximum atomic E-state index is 8.95. The molecule has 1 atom stereocenters. The Hall–Kier alpha value is -2.71. The minimum absolute atomic E-state index is 0.452. The summed E-state index contributed by atoms with van der Waals surface area (Å²) in [5, 5.41) is 14.0. The van der Waals surface area contributed by atoms with E-state index in [2.05, 4.69) is 28.1 Å². The molecule has 126 valence electrons. The predicted molar refractivity (Wildman–Crippen MR) is 96.9 cm³/mol. The normalized spacial score (nSPS) is 11.9. The predicted octanol–water partition coefficient (Wildman–Crippen LogP) is 4.13. The van der Waals surface area contributed by atoms with Crippen molar-refractivity contribution in [3.05, 3.63) is 65.3 Å². The Labute approximate surface area is 151 Å². The minimum atomic E-state index is 0.452. The van der Waals surface area contributed by atoms with E-state index in [4.69, 9.17) is 16.9 Å². The highest BCUT2D eigenvalue weighted by molar-refractivity contribution is 6.32. The van der Waals surface area contributed by atoms with Gasteiger partial charge < -0.3 is 0 Å². The molecule has 3 aromatic rings. The van der Waals surface area contributed by atoms with Crippen molar-refractivity contribution in [2.24, 2.45) is 5.92 Å². The van der Waals surface area contributed by atoms with E-state index in [1.54, 1.807) is 18.5 Å². The molecule has 2 heterocycles. The van der Waals surface area contributed by atoms with Gasteiger partial charge in [0.25, 0.3) is 0 Å². The molecule has 0 spiro atoms. The Balaban J connectivity index is 1.61. The molecule has 5 nitrogen and oxygen atoms in total. The van der Waals surface area contributed by atoms with Gasteiger partial charge in [-0.1, -0.05) is 24.6 Å². The van der Waals surface area contributed by atoms with Crippen molar-refractivity contribution >= 4 is 11.6 Å². The molecule has 0 aliphatic rings. The van der Waals surface area contributed by atoms with E-state index in [0.29, 0.717) is 16.5 Å². The summed E-state index contributed by atoms with van der Waals surface area (Å²) in [5.41, 5.74) is 3.40. The number of benzene rings is 1. The first-order chi connectivity index (χ1) is 12.2. The van der Waals surface area contributed by atoms with Crippen LogP contribution in [0.5, 0.6) is 0 Å². The third-order valence-corrected chi connectivity index (χ3v) is 4.38. The number of nitrogens with zero attached hydrogens (tertiary/aromatic N) is 5. The molecular weight excluding hydrogens is 334 g/mol. The monoisotopic (exact) mass is 351 g/mol. The number of halogens is 1. The first-order valence-corrected chi connectivity index (χ1v) is 8.51. The van der Waals surface area contributed by atoms with Crippen LogP contribution in [0.3, 0.4) is 0 Å². The SMILES string of the molecule is C[C@H](CCc1cncnc1)Cn1ccc(-c2ccc(C#N)c(Cl)c2)n1. The van der Waals surface area contributed by atoms with E-state index in [9.17, 15) is 0 Å². The molecular formula is C19H18ClN5. The van der Waals surface area contributed by atoms with Gasteiger partial charge in [0, 0.05) is 30.7 Å². The molecule has 0 saturated carbocycles. The summed E-state index contributed by atoms with van der Waals surface area (Å²) in [6.07, 6.45) is 9.25.